The largest absolute Gasteiger partial charge is 0.354 e. The number of urea groups is 1. The fraction of sp³-hybridized carbons (Fsp3) is 0.346. The number of nitrogens with one attached hydrogen (secondary N) is 2. The van der Waals surface area contributed by atoms with E-state index in [9.17, 15) is 14.4 Å². The number of carbonyl (C=O) groups is 3. The highest BCUT2D eigenvalue weighted by Gasteiger charge is 2.47. The molecule has 0 aliphatic carbocycles. The van der Waals surface area contributed by atoms with Crippen molar-refractivity contribution in [1.29, 1.82) is 0 Å². The van der Waals surface area contributed by atoms with Crippen LogP contribution in [0.2, 0.25) is 0 Å². The van der Waals surface area contributed by atoms with Crippen LogP contribution in [0.4, 0.5) is 4.79 Å². The van der Waals surface area contributed by atoms with Crippen molar-refractivity contribution in [1.82, 2.24) is 20.4 Å². The van der Waals surface area contributed by atoms with Crippen LogP contribution in [0.15, 0.2) is 71.9 Å². The zero-order valence-electron chi connectivity index (χ0n) is 19.2. The van der Waals surface area contributed by atoms with Gasteiger partial charge in [-0.3, -0.25) is 14.5 Å². The van der Waals surface area contributed by atoms with Gasteiger partial charge in [-0.15, -0.1) is 0 Å². The molecule has 172 valence electrons. The average molecular weight is 447 g/mol. The molecule has 2 aliphatic rings. The van der Waals surface area contributed by atoms with Gasteiger partial charge >= 0.3 is 6.03 Å². The molecule has 2 heterocycles. The molecule has 4 amide bonds. The molecule has 0 spiro atoms. The first-order chi connectivity index (χ1) is 15.9. The number of hydrogen-bond acceptors (Lipinski definition) is 3. The van der Waals surface area contributed by atoms with Crippen LogP contribution in [0.5, 0.6) is 0 Å². The predicted octanol–water partition coefficient (Wildman–Crippen LogP) is 3.38. The molecule has 7 nitrogen and oxygen atoms in total. The number of amides is 4. The molecule has 0 saturated carbocycles. The summed E-state index contributed by atoms with van der Waals surface area (Å²) in [6.45, 7) is 7.09. The Kier molecular flexibility index (Phi) is 6.49. The predicted molar refractivity (Wildman–Crippen MR) is 126 cm³/mol. The number of likely N-dealkylation sites (N-methyl/N-ethyl adjacent to an activating group) is 1. The van der Waals surface area contributed by atoms with Gasteiger partial charge in [-0.25, -0.2) is 4.79 Å². The standard InChI is InChI=1S/C26H30N4O3/c1-4-29-20-16-30(23(19-13-9-6-10-14-19)24(31)27-15-17(2)3)25(32)21(20)22(28-26(29)33)18-11-7-5-8-12-18/h5-14,17,22-23H,4,15-16H2,1-3H3,(H,27,31)(H,28,33)/t22-,23-/m1/s1. The Morgan fingerprint density at radius 2 is 1.70 bits per heavy atom. The lowest BCUT2D eigenvalue weighted by Crippen LogP contribution is -2.47. The minimum atomic E-state index is -0.784. The SMILES string of the molecule is CCN1C(=O)N[C@H](c2ccccc2)C2=C1CN([C@@H](C(=O)NCC(C)C)c1ccccc1)C2=O. The molecule has 2 aliphatic heterocycles. The lowest BCUT2D eigenvalue weighted by Gasteiger charge is -2.32. The summed E-state index contributed by atoms with van der Waals surface area (Å²) >= 11 is 0. The normalized spacial score (nSPS) is 19.0. The quantitative estimate of drug-likeness (QED) is 0.684. The van der Waals surface area contributed by atoms with E-state index in [2.05, 4.69) is 10.6 Å². The van der Waals surface area contributed by atoms with Gasteiger partial charge in [0.15, 0.2) is 0 Å². The first-order valence-electron chi connectivity index (χ1n) is 11.4. The highest BCUT2D eigenvalue weighted by atomic mass is 16.2. The zero-order valence-corrected chi connectivity index (χ0v) is 19.2. The number of rotatable bonds is 7. The van der Waals surface area contributed by atoms with Crippen molar-refractivity contribution in [2.45, 2.75) is 32.9 Å². The van der Waals surface area contributed by atoms with E-state index >= 15 is 0 Å². The minimum absolute atomic E-state index is 0.202. The lowest BCUT2D eigenvalue weighted by molar-refractivity contribution is -0.136. The van der Waals surface area contributed by atoms with Gasteiger partial charge in [0.2, 0.25) is 5.91 Å². The van der Waals surface area contributed by atoms with Crippen molar-refractivity contribution in [2.24, 2.45) is 5.92 Å². The molecule has 2 aromatic rings. The van der Waals surface area contributed by atoms with Crippen LogP contribution in [-0.2, 0) is 9.59 Å². The van der Waals surface area contributed by atoms with Gasteiger partial charge in [-0.05, 0) is 24.0 Å². The smallest absolute Gasteiger partial charge is 0.322 e. The van der Waals surface area contributed by atoms with Gasteiger partial charge in [-0.1, -0.05) is 74.5 Å². The van der Waals surface area contributed by atoms with E-state index in [1.54, 1.807) is 9.80 Å². The number of nitrogens with zero attached hydrogens (tertiary/aromatic N) is 2. The fourth-order valence-electron chi connectivity index (χ4n) is 4.46. The van der Waals surface area contributed by atoms with E-state index < -0.39 is 12.1 Å². The van der Waals surface area contributed by atoms with E-state index in [1.807, 2.05) is 81.4 Å². The average Bonchev–Trinajstić information content (AvgIpc) is 3.15. The number of benzene rings is 2. The Morgan fingerprint density at radius 1 is 1.06 bits per heavy atom. The zero-order chi connectivity index (χ0) is 23.5. The van der Waals surface area contributed by atoms with Gasteiger partial charge in [0.05, 0.1) is 23.9 Å². The Bertz CT molecular complexity index is 1070. The van der Waals surface area contributed by atoms with E-state index in [4.69, 9.17) is 0 Å². The second-order valence-electron chi connectivity index (χ2n) is 8.78. The summed E-state index contributed by atoms with van der Waals surface area (Å²) in [5, 5.41) is 5.97. The fourth-order valence-corrected chi connectivity index (χ4v) is 4.46. The maximum absolute atomic E-state index is 13.9. The van der Waals surface area contributed by atoms with Crippen LogP contribution >= 0.6 is 0 Å². The number of hydrogen-bond donors (Lipinski definition) is 2. The molecule has 4 rings (SSSR count). The van der Waals surface area contributed by atoms with Crippen molar-refractivity contribution in [3.63, 3.8) is 0 Å². The third-order valence-corrected chi connectivity index (χ3v) is 6.06. The lowest BCUT2D eigenvalue weighted by atomic mass is 9.95. The summed E-state index contributed by atoms with van der Waals surface area (Å²) in [5.74, 6) is -0.168. The van der Waals surface area contributed by atoms with Crippen molar-refractivity contribution < 1.29 is 14.4 Å². The first kappa shape index (κ1) is 22.6. The van der Waals surface area contributed by atoms with E-state index in [1.165, 1.54) is 0 Å². The summed E-state index contributed by atoms with van der Waals surface area (Å²) < 4.78 is 0. The van der Waals surface area contributed by atoms with E-state index in [-0.39, 0.29) is 30.3 Å². The molecule has 0 unspecified atom stereocenters. The van der Waals surface area contributed by atoms with Crippen LogP contribution in [0.1, 0.15) is 44.0 Å². The Labute approximate surface area is 194 Å². The van der Waals surface area contributed by atoms with Crippen molar-refractivity contribution in [2.75, 3.05) is 19.6 Å². The maximum atomic E-state index is 13.9. The van der Waals surface area contributed by atoms with Gasteiger partial charge in [0.25, 0.3) is 5.91 Å². The topological polar surface area (TPSA) is 81.8 Å². The Morgan fingerprint density at radius 3 is 2.30 bits per heavy atom. The van der Waals surface area contributed by atoms with Crippen molar-refractivity contribution in [3.8, 4) is 0 Å². The van der Waals surface area contributed by atoms with Crippen molar-refractivity contribution in [3.05, 3.63) is 83.1 Å². The van der Waals surface area contributed by atoms with Gasteiger partial charge in [-0.2, -0.15) is 0 Å². The summed E-state index contributed by atoms with van der Waals surface area (Å²) in [6.07, 6.45) is 0. The molecule has 2 N–H and O–H groups in total. The van der Waals surface area contributed by atoms with Gasteiger partial charge in [0.1, 0.15) is 6.04 Å². The highest BCUT2D eigenvalue weighted by molar-refractivity contribution is 6.03. The molecule has 33 heavy (non-hydrogen) atoms. The third kappa shape index (κ3) is 4.35. The molecule has 7 heteroatoms. The Hall–Kier alpha value is -3.61. The van der Waals surface area contributed by atoms with Crippen LogP contribution in [0.25, 0.3) is 0 Å². The van der Waals surface area contributed by atoms with E-state index in [0.717, 1.165) is 11.1 Å². The maximum Gasteiger partial charge on any atom is 0.322 e. The highest BCUT2D eigenvalue weighted by Crippen LogP contribution is 2.39. The summed E-state index contributed by atoms with van der Waals surface area (Å²) in [4.78, 5) is 43.3. The summed E-state index contributed by atoms with van der Waals surface area (Å²) in [7, 11) is 0. The van der Waals surface area contributed by atoms with Gasteiger partial charge in [0, 0.05) is 13.1 Å². The molecular weight excluding hydrogens is 416 g/mol. The summed E-state index contributed by atoms with van der Waals surface area (Å²) in [5.41, 5.74) is 2.77. The molecule has 2 aromatic carbocycles. The molecule has 0 saturated heterocycles. The minimum Gasteiger partial charge on any atom is -0.354 e. The molecule has 2 atom stereocenters. The second kappa shape index (κ2) is 9.48. The molecule has 0 fully saturated rings. The molecular formula is C26H30N4O3. The molecule has 0 radical (unpaired) electrons. The van der Waals surface area contributed by atoms with Crippen molar-refractivity contribution >= 4 is 17.8 Å². The third-order valence-electron chi connectivity index (χ3n) is 6.06. The Balaban J connectivity index is 1.74. The number of carbonyl (C=O) groups excluding carboxylic acids is 3. The second-order valence-corrected chi connectivity index (χ2v) is 8.78. The molecule has 0 aromatic heterocycles. The summed E-state index contributed by atoms with van der Waals surface area (Å²) in [6, 6.07) is 17.2. The first-order valence-corrected chi connectivity index (χ1v) is 11.4. The van der Waals surface area contributed by atoms with Gasteiger partial charge < -0.3 is 15.5 Å². The molecule has 0 bridgehead atoms. The van der Waals surface area contributed by atoms with E-state index in [0.29, 0.717) is 24.4 Å². The van der Waals surface area contributed by atoms with Crippen LogP contribution < -0.4 is 10.6 Å². The van der Waals surface area contributed by atoms with Crippen LogP contribution in [-0.4, -0.2) is 47.3 Å². The van der Waals surface area contributed by atoms with Crippen LogP contribution in [0, 0.1) is 5.92 Å². The monoisotopic (exact) mass is 446 g/mol. The van der Waals surface area contributed by atoms with Crippen LogP contribution in [0.3, 0.4) is 0 Å².